The first-order valence-corrected chi connectivity index (χ1v) is 9.79. The molecule has 5 heteroatoms. The Kier molecular flexibility index (Phi) is 8.01. The molecule has 0 aromatic heterocycles. The van der Waals surface area contributed by atoms with E-state index in [1.54, 1.807) is 11.8 Å². The van der Waals surface area contributed by atoms with E-state index in [0.717, 1.165) is 42.9 Å². The van der Waals surface area contributed by atoms with Gasteiger partial charge in [-0.3, -0.25) is 4.79 Å². The molecule has 3 nitrogen and oxygen atoms in total. The molecule has 1 saturated heterocycles. The Hall–Kier alpha value is -1.49. The van der Waals surface area contributed by atoms with Gasteiger partial charge in [0.1, 0.15) is 5.25 Å². The maximum absolute atomic E-state index is 13.0. The topological polar surface area (TPSA) is 41.1 Å². The fourth-order valence-electron chi connectivity index (χ4n) is 3.14. The smallest absolute Gasteiger partial charge is 0.238 e. The van der Waals surface area contributed by atoms with Crippen LogP contribution in [0.15, 0.2) is 65.6 Å². The predicted octanol–water partition coefficient (Wildman–Crippen LogP) is 4.45. The van der Waals surface area contributed by atoms with Crippen LogP contribution in [0.25, 0.3) is 0 Å². The molecular weight excluding hydrogens is 364 g/mol. The van der Waals surface area contributed by atoms with Gasteiger partial charge in [-0.15, -0.1) is 24.2 Å². The van der Waals surface area contributed by atoms with Gasteiger partial charge < -0.3 is 10.6 Å². The molecule has 1 aliphatic rings. The van der Waals surface area contributed by atoms with Crippen LogP contribution in [-0.2, 0) is 4.79 Å². The first-order valence-electron chi connectivity index (χ1n) is 8.91. The molecule has 0 aliphatic carbocycles. The Bertz CT molecular complexity index is 675. The van der Waals surface area contributed by atoms with Crippen LogP contribution in [0.2, 0.25) is 0 Å². The van der Waals surface area contributed by atoms with Crippen LogP contribution in [0.1, 0.15) is 30.6 Å². The van der Waals surface area contributed by atoms with Crippen molar-refractivity contribution in [3.63, 3.8) is 0 Å². The van der Waals surface area contributed by atoms with E-state index in [1.165, 1.54) is 0 Å². The van der Waals surface area contributed by atoms with E-state index < -0.39 is 0 Å². The number of carbonyl (C=O) groups is 1. The largest absolute Gasteiger partial charge is 0.354 e. The molecule has 1 unspecified atom stereocenters. The summed E-state index contributed by atoms with van der Waals surface area (Å²) in [7, 11) is 0. The van der Waals surface area contributed by atoms with Gasteiger partial charge in [0.05, 0.1) is 0 Å². The van der Waals surface area contributed by atoms with Crippen molar-refractivity contribution < 1.29 is 4.79 Å². The minimum Gasteiger partial charge on any atom is -0.354 e. The zero-order valence-electron chi connectivity index (χ0n) is 15.1. The molecule has 2 aromatic carbocycles. The molecule has 1 fully saturated rings. The molecule has 2 N–H and O–H groups in total. The molecule has 1 atom stereocenters. The van der Waals surface area contributed by atoms with Gasteiger partial charge in [0.15, 0.2) is 0 Å². The molecule has 1 amide bonds. The molecule has 0 saturated carbocycles. The Morgan fingerprint density at radius 1 is 1.08 bits per heavy atom. The van der Waals surface area contributed by atoms with E-state index in [1.807, 2.05) is 48.5 Å². The number of amides is 1. The summed E-state index contributed by atoms with van der Waals surface area (Å²) >= 11 is 1.61. The van der Waals surface area contributed by atoms with E-state index in [2.05, 4.69) is 29.7 Å². The summed E-state index contributed by atoms with van der Waals surface area (Å²) in [5.74, 6) is 0.0970. The third-order valence-corrected chi connectivity index (χ3v) is 6.10. The molecular formula is C21H27ClN2OS. The Labute approximate surface area is 166 Å². The number of nitrogens with one attached hydrogen (secondary N) is 2. The summed E-state index contributed by atoms with van der Waals surface area (Å²) in [5, 5.41) is 6.39. The van der Waals surface area contributed by atoms with Crippen LogP contribution in [0.3, 0.4) is 0 Å². The van der Waals surface area contributed by atoms with Gasteiger partial charge in [-0.1, -0.05) is 55.5 Å². The Morgan fingerprint density at radius 3 is 2.27 bits per heavy atom. The van der Waals surface area contributed by atoms with Crippen molar-refractivity contribution >= 4 is 30.1 Å². The number of rotatable bonds is 6. The van der Waals surface area contributed by atoms with E-state index in [4.69, 9.17) is 0 Å². The highest BCUT2D eigenvalue weighted by molar-refractivity contribution is 8.00. The van der Waals surface area contributed by atoms with Crippen LogP contribution < -0.4 is 10.6 Å². The number of halogens is 1. The minimum absolute atomic E-state index is 0. The summed E-state index contributed by atoms with van der Waals surface area (Å²) in [6, 6.07) is 20.2. The van der Waals surface area contributed by atoms with Gasteiger partial charge in [0.25, 0.3) is 0 Å². The van der Waals surface area contributed by atoms with Gasteiger partial charge >= 0.3 is 0 Å². The van der Waals surface area contributed by atoms with Crippen LogP contribution in [0, 0.1) is 5.41 Å². The zero-order chi connectivity index (χ0) is 17.5. The fourth-order valence-corrected chi connectivity index (χ4v) is 4.21. The Balaban J connectivity index is 0.00000243. The van der Waals surface area contributed by atoms with Crippen LogP contribution >= 0.6 is 24.2 Å². The molecule has 0 spiro atoms. The van der Waals surface area contributed by atoms with Gasteiger partial charge in [-0.2, -0.15) is 0 Å². The van der Waals surface area contributed by atoms with Gasteiger partial charge in [-0.25, -0.2) is 0 Å². The fraction of sp³-hybridized carbons (Fsp3) is 0.381. The van der Waals surface area contributed by atoms with E-state index in [0.29, 0.717) is 0 Å². The van der Waals surface area contributed by atoms with Crippen molar-refractivity contribution in [3.05, 3.63) is 66.2 Å². The summed E-state index contributed by atoms with van der Waals surface area (Å²) in [6.07, 6.45) is 2.21. The van der Waals surface area contributed by atoms with Crippen molar-refractivity contribution in [1.29, 1.82) is 0 Å². The lowest BCUT2D eigenvalue weighted by atomic mass is 9.81. The predicted molar refractivity (Wildman–Crippen MR) is 112 cm³/mol. The summed E-state index contributed by atoms with van der Waals surface area (Å²) in [4.78, 5) is 14.1. The van der Waals surface area contributed by atoms with E-state index in [9.17, 15) is 4.79 Å². The standard InChI is InChI=1S/C21H26N2OS.ClH/c1-21(12-14-22-15-13-21)16-23-20(24)19(17-8-4-2-5-9-17)25-18-10-6-3-7-11-18;/h2-11,19,22H,12-16H2,1H3,(H,23,24);1H. The monoisotopic (exact) mass is 390 g/mol. The molecule has 3 rings (SSSR count). The zero-order valence-corrected chi connectivity index (χ0v) is 16.7. The number of hydrogen-bond donors (Lipinski definition) is 2. The first kappa shape index (κ1) is 20.8. The molecule has 0 bridgehead atoms. The maximum atomic E-state index is 13.0. The second-order valence-electron chi connectivity index (χ2n) is 7.00. The number of thioether (sulfide) groups is 1. The molecule has 140 valence electrons. The summed E-state index contributed by atoms with van der Waals surface area (Å²) < 4.78 is 0. The van der Waals surface area contributed by atoms with Crippen LogP contribution in [0.4, 0.5) is 0 Å². The van der Waals surface area contributed by atoms with Crippen molar-refractivity contribution in [1.82, 2.24) is 10.6 Å². The second-order valence-corrected chi connectivity index (χ2v) is 8.18. The molecule has 2 aromatic rings. The summed E-state index contributed by atoms with van der Waals surface area (Å²) in [5.41, 5.74) is 1.24. The second kappa shape index (κ2) is 10.0. The number of carbonyl (C=O) groups excluding carboxylic acids is 1. The first-order chi connectivity index (χ1) is 12.2. The lowest BCUT2D eigenvalue weighted by molar-refractivity contribution is -0.121. The lowest BCUT2D eigenvalue weighted by Gasteiger charge is -2.34. The van der Waals surface area contributed by atoms with Gasteiger partial charge in [0, 0.05) is 11.4 Å². The molecule has 1 aliphatic heterocycles. The van der Waals surface area contributed by atoms with Crippen molar-refractivity contribution in [2.75, 3.05) is 19.6 Å². The highest BCUT2D eigenvalue weighted by Crippen LogP contribution is 2.35. The molecule has 1 heterocycles. The van der Waals surface area contributed by atoms with Crippen molar-refractivity contribution in [2.45, 2.75) is 29.9 Å². The normalized spacial score (nSPS) is 17.0. The Morgan fingerprint density at radius 2 is 1.65 bits per heavy atom. The average Bonchev–Trinajstić information content (AvgIpc) is 2.66. The maximum Gasteiger partial charge on any atom is 0.238 e. The minimum atomic E-state index is -0.228. The quantitative estimate of drug-likeness (QED) is 0.716. The van der Waals surface area contributed by atoms with E-state index >= 15 is 0 Å². The molecule has 26 heavy (non-hydrogen) atoms. The van der Waals surface area contributed by atoms with Crippen LogP contribution in [0.5, 0.6) is 0 Å². The van der Waals surface area contributed by atoms with Gasteiger partial charge in [-0.05, 0) is 49.0 Å². The van der Waals surface area contributed by atoms with Crippen LogP contribution in [-0.4, -0.2) is 25.5 Å². The summed E-state index contributed by atoms with van der Waals surface area (Å²) in [6.45, 7) is 5.09. The number of benzene rings is 2. The SMILES string of the molecule is CC1(CNC(=O)C(Sc2ccccc2)c2ccccc2)CCNCC1.Cl. The lowest BCUT2D eigenvalue weighted by Crippen LogP contribution is -2.43. The molecule has 0 radical (unpaired) electrons. The highest BCUT2D eigenvalue weighted by atomic mass is 35.5. The third kappa shape index (κ3) is 5.76. The van der Waals surface area contributed by atoms with Crippen molar-refractivity contribution in [2.24, 2.45) is 5.41 Å². The highest BCUT2D eigenvalue weighted by Gasteiger charge is 2.29. The average molecular weight is 391 g/mol. The number of hydrogen-bond acceptors (Lipinski definition) is 3. The number of piperidine rings is 1. The van der Waals surface area contributed by atoms with E-state index in [-0.39, 0.29) is 29.0 Å². The van der Waals surface area contributed by atoms with Gasteiger partial charge in [0.2, 0.25) is 5.91 Å². The van der Waals surface area contributed by atoms with Crippen molar-refractivity contribution in [3.8, 4) is 0 Å². The third-order valence-electron chi connectivity index (χ3n) is 4.84.